The number of pyridine rings is 1. The summed E-state index contributed by atoms with van der Waals surface area (Å²) >= 11 is 0. The molecule has 1 aliphatic carbocycles. The molecule has 0 saturated heterocycles. The van der Waals surface area contributed by atoms with E-state index in [2.05, 4.69) is 15.3 Å². The minimum Gasteiger partial charge on any atom is -0.490 e. The van der Waals surface area contributed by atoms with Crippen LogP contribution in [0.4, 0.5) is 4.39 Å². The molecule has 3 aromatic rings. The van der Waals surface area contributed by atoms with Crippen LogP contribution in [0.2, 0.25) is 0 Å². The largest absolute Gasteiger partial charge is 0.490 e. The number of rotatable bonds is 13. The second kappa shape index (κ2) is 11.0. The highest BCUT2D eigenvalue weighted by molar-refractivity contribution is 5.86. The molecule has 9 nitrogen and oxygen atoms in total. The fourth-order valence-electron chi connectivity index (χ4n) is 4.18. The van der Waals surface area contributed by atoms with Crippen molar-refractivity contribution in [2.75, 3.05) is 6.61 Å². The van der Waals surface area contributed by atoms with Gasteiger partial charge in [-0.3, -0.25) is 4.79 Å². The van der Waals surface area contributed by atoms with Crippen molar-refractivity contribution in [3.63, 3.8) is 0 Å². The number of halogens is 1. The maximum atomic E-state index is 14.3. The topological polar surface area (TPSA) is 130 Å². The summed E-state index contributed by atoms with van der Waals surface area (Å²) in [6.07, 6.45) is 6.76. The monoisotopic (exact) mass is 498 g/mol. The van der Waals surface area contributed by atoms with E-state index in [9.17, 15) is 24.2 Å². The zero-order chi connectivity index (χ0) is 25.7. The molecule has 0 radical (unpaired) electrons. The molecular weight excluding hydrogens is 467 g/mol. The molecule has 0 aliphatic heterocycles. The molecule has 3 N–H and O–H groups in total. The van der Waals surface area contributed by atoms with E-state index in [0.29, 0.717) is 49.3 Å². The lowest BCUT2D eigenvalue weighted by Gasteiger charge is -2.28. The normalized spacial score (nSPS) is 15.0. The molecule has 0 amide bonds. The van der Waals surface area contributed by atoms with E-state index in [1.54, 1.807) is 29.1 Å². The number of carbonyl (C=O) groups is 1. The number of hydrogen-bond acceptors (Lipinski definition) is 6. The first-order chi connectivity index (χ1) is 17.3. The molecule has 4 rings (SSSR count). The molecule has 1 saturated carbocycles. The summed E-state index contributed by atoms with van der Waals surface area (Å²) in [7, 11) is 0. The first-order valence-corrected chi connectivity index (χ1v) is 12.3. The number of H-pyrrole nitrogens is 1. The Balaban J connectivity index is 1.39. The Kier molecular flexibility index (Phi) is 7.83. The van der Waals surface area contributed by atoms with Crippen molar-refractivity contribution in [3.8, 4) is 5.75 Å². The molecule has 10 heteroatoms. The fourth-order valence-corrected chi connectivity index (χ4v) is 4.18. The standard InChI is InChI=1S/C26H31FN4O5/c1-2-26(35,19-10-11-21(27)22(13-19)36-15-17-7-8-17)16-31-20(14-28-30-31)6-4-3-5-18-9-12-23(32)29-24(18)25(33)34/h9-14,17,35H,2-8,15-16H2,1H3,(H,29,32)(H,33,34)/t26-/m1/s1. The Morgan fingerprint density at radius 2 is 2.03 bits per heavy atom. The van der Waals surface area contributed by atoms with Crippen LogP contribution >= 0.6 is 0 Å². The second-order valence-electron chi connectivity index (χ2n) is 9.40. The smallest absolute Gasteiger partial charge is 0.352 e. The van der Waals surface area contributed by atoms with Crippen molar-refractivity contribution in [2.45, 2.75) is 64.0 Å². The number of aromatic amines is 1. The number of aryl methyl sites for hydroxylation is 2. The number of nitrogens with zero attached hydrogens (tertiary/aromatic N) is 3. The SMILES string of the molecule is CC[C@@](O)(Cn1nncc1CCCCc1ccc(=O)[nH]c1C(=O)O)c1ccc(F)c(OCC2CC2)c1. The summed E-state index contributed by atoms with van der Waals surface area (Å²) in [4.78, 5) is 25.2. The van der Waals surface area contributed by atoms with Gasteiger partial charge in [0.15, 0.2) is 11.6 Å². The molecule has 2 heterocycles. The summed E-state index contributed by atoms with van der Waals surface area (Å²) in [6.45, 7) is 2.48. The quantitative estimate of drug-likeness (QED) is 0.308. The van der Waals surface area contributed by atoms with Crippen LogP contribution in [-0.4, -0.2) is 42.8 Å². The zero-order valence-electron chi connectivity index (χ0n) is 20.2. The van der Waals surface area contributed by atoms with Gasteiger partial charge in [-0.2, -0.15) is 0 Å². The van der Waals surface area contributed by atoms with Gasteiger partial charge in [-0.25, -0.2) is 13.9 Å². The second-order valence-corrected chi connectivity index (χ2v) is 9.40. The van der Waals surface area contributed by atoms with Crippen LogP contribution in [0, 0.1) is 11.7 Å². The Morgan fingerprint density at radius 3 is 2.75 bits per heavy atom. The van der Waals surface area contributed by atoms with Gasteiger partial charge in [0.05, 0.1) is 25.0 Å². The first kappa shape index (κ1) is 25.6. The van der Waals surface area contributed by atoms with Gasteiger partial charge in [0, 0.05) is 6.07 Å². The number of carboxylic acid groups (broad SMARTS) is 1. The minimum atomic E-state index is -1.29. The van der Waals surface area contributed by atoms with Crippen LogP contribution in [0.3, 0.4) is 0 Å². The summed E-state index contributed by atoms with van der Waals surface area (Å²) in [5.74, 6) is -0.984. The van der Waals surface area contributed by atoms with Gasteiger partial charge >= 0.3 is 5.97 Å². The molecule has 1 fully saturated rings. The lowest BCUT2D eigenvalue weighted by atomic mass is 9.90. The average Bonchev–Trinajstić information content (AvgIpc) is 3.60. The van der Waals surface area contributed by atoms with E-state index >= 15 is 0 Å². The van der Waals surface area contributed by atoms with Gasteiger partial charge in [-0.1, -0.05) is 24.3 Å². The number of benzene rings is 1. The Morgan fingerprint density at radius 1 is 1.25 bits per heavy atom. The van der Waals surface area contributed by atoms with Crippen molar-refractivity contribution in [3.05, 3.63) is 75.2 Å². The van der Waals surface area contributed by atoms with Gasteiger partial charge in [-0.15, -0.1) is 5.10 Å². The predicted octanol–water partition coefficient (Wildman–Crippen LogP) is 3.46. The molecule has 192 valence electrons. The van der Waals surface area contributed by atoms with E-state index in [-0.39, 0.29) is 18.0 Å². The number of aromatic nitrogens is 4. The van der Waals surface area contributed by atoms with Crippen molar-refractivity contribution in [1.82, 2.24) is 20.0 Å². The van der Waals surface area contributed by atoms with Crippen molar-refractivity contribution in [2.24, 2.45) is 5.92 Å². The minimum absolute atomic E-state index is 0.0815. The van der Waals surface area contributed by atoms with E-state index in [1.165, 1.54) is 12.1 Å². The number of aliphatic hydroxyl groups is 1. The summed E-state index contributed by atoms with van der Waals surface area (Å²) in [6, 6.07) is 7.33. The molecule has 0 bridgehead atoms. The van der Waals surface area contributed by atoms with Crippen LogP contribution in [0.5, 0.6) is 5.75 Å². The van der Waals surface area contributed by atoms with Crippen molar-refractivity contribution in [1.29, 1.82) is 0 Å². The maximum Gasteiger partial charge on any atom is 0.352 e. The number of carboxylic acids is 1. The van der Waals surface area contributed by atoms with E-state index in [1.807, 2.05) is 6.92 Å². The molecule has 0 spiro atoms. The summed E-state index contributed by atoms with van der Waals surface area (Å²) in [5.41, 5.74) is 0.136. The third-order valence-electron chi connectivity index (χ3n) is 6.68. The van der Waals surface area contributed by atoms with Crippen LogP contribution in [0.1, 0.15) is 66.3 Å². The Hall–Kier alpha value is -3.53. The van der Waals surface area contributed by atoms with E-state index in [0.717, 1.165) is 25.0 Å². The third-order valence-corrected chi connectivity index (χ3v) is 6.68. The van der Waals surface area contributed by atoms with Gasteiger partial charge in [0.25, 0.3) is 0 Å². The maximum absolute atomic E-state index is 14.3. The lowest BCUT2D eigenvalue weighted by Crippen LogP contribution is -2.32. The average molecular weight is 499 g/mol. The van der Waals surface area contributed by atoms with Gasteiger partial charge in [-0.05, 0) is 74.1 Å². The molecule has 0 unspecified atom stereocenters. The first-order valence-electron chi connectivity index (χ1n) is 12.3. The Bertz CT molecular complexity index is 1270. The summed E-state index contributed by atoms with van der Waals surface area (Å²) in [5, 5.41) is 28.9. The molecular formula is C26H31FN4O5. The number of hydrogen-bond donors (Lipinski definition) is 3. The van der Waals surface area contributed by atoms with E-state index < -0.39 is 22.9 Å². The van der Waals surface area contributed by atoms with Crippen molar-refractivity contribution < 1.29 is 24.1 Å². The number of ether oxygens (including phenoxy) is 1. The molecule has 1 aromatic carbocycles. The number of unbranched alkanes of at least 4 members (excludes halogenated alkanes) is 1. The highest BCUT2D eigenvalue weighted by atomic mass is 19.1. The predicted molar refractivity (Wildman–Crippen MR) is 129 cm³/mol. The van der Waals surface area contributed by atoms with E-state index in [4.69, 9.17) is 4.74 Å². The molecule has 2 aromatic heterocycles. The zero-order valence-corrected chi connectivity index (χ0v) is 20.2. The van der Waals surface area contributed by atoms with Crippen LogP contribution in [-0.2, 0) is 25.0 Å². The van der Waals surface area contributed by atoms with Crippen LogP contribution < -0.4 is 10.3 Å². The van der Waals surface area contributed by atoms with Gasteiger partial charge in [0.2, 0.25) is 5.56 Å². The lowest BCUT2D eigenvalue weighted by molar-refractivity contribution is 0.00940. The van der Waals surface area contributed by atoms with Crippen LogP contribution in [0.25, 0.3) is 0 Å². The molecule has 1 aliphatic rings. The van der Waals surface area contributed by atoms with Gasteiger partial charge < -0.3 is 19.9 Å². The highest BCUT2D eigenvalue weighted by Crippen LogP contribution is 2.33. The van der Waals surface area contributed by atoms with Gasteiger partial charge in [0.1, 0.15) is 11.3 Å². The summed E-state index contributed by atoms with van der Waals surface area (Å²) < 4.78 is 21.6. The highest BCUT2D eigenvalue weighted by Gasteiger charge is 2.31. The molecule has 1 atom stereocenters. The Labute approximate surface area is 207 Å². The number of aromatic carboxylic acids is 1. The van der Waals surface area contributed by atoms with Crippen LogP contribution in [0.15, 0.2) is 41.3 Å². The molecule has 36 heavy (non-hydrogen) atoms. The fraction of sp³-hybridized carbons (Fsp3) is 0.462. The third kappa shape index (κ3) is 6.17. The van der Waals surface area contributed by atoms with Crippen molar-refractivity contribution >= 4 is 5.97 Å². The number of nitrogens with one attached hydrogen (secondary N) is 1.